The van der Waals surface area contributed by atoms with Crippen molar-refractivity contribution in [3.05, 3.63) is 65.5 Å². The Labute approximate surface area is 175 Å². The molecule has 1 atom stereocenters. The van der Waals surface area contributed by atoms with Gasteiger partial charge in [0.2, 0.25) is 11.8 Å². The molecule has 0 saturated heterocycles. The largest absolute Gasteiger partial charge is 0.493 e. The lowest BCUT2D eigenvalue weighted by Crippen LogP contribution is -2.36. The summed E-state index contributed by atoms with van der Waals surface area (Å²) in [5.41, 5.74) is 6.97. The molecule has 0 fully saturated rings. The Balaban J connectivity index is 1.94. The second-order valence-corrected chi connectivity index (χ2v) is 6.77. The van der Waals surface area contributed by atoms with Gasteiger partial charge in [0, 0.05) is 12.6 Å². The lowest BCUT2D eigenvalue weighted by atomic mass is 9.98. The van der Waals surface area contributed by atoms with Gasteiger partial charge in [0.15, 0.2) is 11.5 Å². The van der Waals surface area contributed by atoms with Crippen molar-refractivity contribution in [1.82, 2.24) is 5.32 Å². The van der Waals surface area contributed by atoms with Crippen molar-refractivity contribution < 1.29 is 23.5 Å². The first kappa shape index (κ1) is 22.9. The van der Waals surface area contributed by atoms with Crippen LogP contribution in [0.15, 0.2) is 48.5 Å². The van der Waals surface area contributed by atoms with Crippen LogP contribution in [0, 0.1) is 11.7 Å². The molecule has 30 heavy (non-hydrogen) atoms. The van der Waals surface area contributed by atoms with Gasteiger partial charge in [-0.15, -0.1) is 0 Å². The van der Waals surface area contributed by atoms with Crippen molar-refractivity contribution in [2.45, 2.75) is 19.8 Å². The number of nitrogens with two attached hydrogens (primary N) is 1. The molecule has 2 amide bonds. The maximum absolute atomic E-state index is 13.0. The number of nitrogens with one attached hydrogen (secondary N) is 1. The lowest BCUT2D eigenvalue weighted by molar-refractivity contribution is -0.122. The maximum atomic E-state index is 13.0. The average molecular weight is 414 g/mol. The molecule has 0 aromatic heterocycles. The normalized spacial score (nSPS) is 11.8. The van der Waals surface area contributed by atoms with Gasteiger partial charge in [-0.1, -0.05) is 25.1 Å². The summed E-state index contributed by atoms with van der Waals surface area (Å²) >= 11 is 0. The summed E-state index contributed by atoms with van der Waals surface area (Å²) in [6, 6.07) is 11.2. The zero-order chi connectivity index (χ0) is 21.9. The van der Waals surface area contributed by atoms with Gasteiger partial charge in [0.05, 0.1) is 19.6 Å². The number of hydrogen-bond acceptors (Lipinski definition) is 4. The molecule has 0 aliphatic heterocycles. The number of benzene rings is 2. The molecule has 2 aromatic carbocycles. The molecular weight excluding hydrogens is 387 g/mol. The van der Waals surface area contributed by atoms with Gasteiger partial charge in [-0.3, -0.25) is 9.59 Å². The van der Waals surface area contributed by atoms with E-state index in [1.807, 2.05) is 13.0 Å². The Morgan fingerprint density at radius 2 is 1.90 bits per heavy atom. The van der Waals surface area contributed by atoms with Crippen LogP contribution in [0.4, 0.5) is 4.39 Å². The minimum absolute atomic E-state index is 0.0863. The summed E-state index contributed by atoms with van der Waals surface area (Å²) in [7, 11) is 1.55. The molecule has 0 saturated carbocycles. The van der Waals surface area contributed by atoms with Crippen molar-refractivity contribution in [2.24, 2.45) is 11.7 Å². The molecule has 7 heteroatoms. The van der Waals surface area contributed by atoms with Crippen LogP contribution in [0.5, 0.6) is 11.5 Å². The van der Waals surface area contributed by atoms with Crippen LogP contribution in [0.1, 0.15) is 24.5 Å². The molecule has 0 radical (unpaired) electrons. The molecule has 0 aliphatic rings. The fraction of sp³-hybridized carbons (Fsp3) is 0.304. The van der Waals surface area contributed by atoms with Crippen molar-refractivity contribution in [3.63, 3.8) is 0 Å². The number of amides is 2. The van der Waals surface area contributed by atoms with Gasteiger partial charge < -0.3 is 20.5 Å². The highest BCUT2D eigenvalue weighted by molar-refractivity contribution is 5.92. The quantitative estimate of drug-likeness (QED) is 0.553. The topological polar surface area (TPSA) is 90.6 Å². The van der Waals surface area contributed by atoms with Gasteiger partial charge in [-0.05, 0) is 54.3 Å². The number of hydrogen-bond donors (Lipinski definition) is 2. The zero-order valence-corrected chi connectivity index (χ0v) is 17.2. The number of ether oxygens (including phenoxy) is 2. The molecule has 0 bridgehead atoms. The van der Waals surface area contributed by atoms with Crippen LogP contribution >= 0.6 is 0 Å². The molecular formula is C23H27FN2O4. The highest BCUT2D eigenvalue weighted by atomic mass is 19.1. The van der Waals surface area contributed by atoms with E-state index in [9.17, 15) is 14.0 Å². The molecule has 160 valence electrons. The number of halogens is 1. The van der Waals surface area contributed by atoms with Crippen LogP contribution in [0.25, 0.3) is 6.08 Å². The van der Waals surface area contributed by atoms with Crippen LogP contribution in [-0.4, -0.2) is 32.1 Å². The molecule has 2 aromatic rings. The van der Waals surface area contributed by atoms with Crippen LogP contribution in [-0.2, 0) is 16.0 Å². The van der Waals surface area contributed by atoms with Gasteiger partial charge in [-0.25, -0.2) is 4.39 Å². The summed E-state index contributed by atoms with van der Waals surface area (Å²) in [5, 5.41) is 2.68. The highest BCUT2D eigenvalue weighted by Crippen LogP contribution is 2.28. The highest BCUT2D eigenvalue weighted by Gasteiger charge is 2.16. The molecule has 1 unspecified atom stereocenters. The zero-order valence-electron chi connectivity index (χ0n) is 17.2. The van der Waals surface area contributed by atoms with E-state index in [-0.39, 0.29) is 18.3 Å². The van der Waals surface area contributed by atoms with E-state index in [1.165, 1.54) is 18.2 Å². The van der Waals surface area contributed by atoms with Crippen molar-refractivity contribution in [1.29, 1.82) is 0 Å². The third kappa shape index (κ3) is 7.24. The Bertz CT molecular complexity index is 881. The number of rotatable bonds is 11. The van der Waals surface area contributed by atoms with Gasteiger partial charge in [-0.2, -0.15) is 0 Å². The van der Waals surface area contributed by atoms with Crippen LogP contribution in [0.3, 0.4) is 0 Å². The van der Waals surface area contributed by atoms with E-state index in [2.05, 4.69) is 5.32 Å². The Hall–Kier alpha value is -3.35. The molecule has 2 rings (SSSR count). The Morgan fingerprint density at radius 3 is 2.53 bits per heavy atom. The SMILES string of the molecule is CCCOc1ccc(/C=C/C(=O)NCC(Cc2ccc(F)cc2)C(N)=O)cc1OC. The van der Waals surface area contributed by atoms with E-state index >= 15 is 0 Å². The number of carbonyl (C=O) groups excluding carboxylic acids is 2. The molecule has 0 spiro atoms. The number of methoxy groups -OCH3 is 1. The first-order valence-corrected chi connectivity index (χ1v) is 9.73. The lowest BCUT2D eigenvalue weighted by Gasteiger charge is -2.14. The Morgan fingerprint density at radius 1 is 1.17 bits per heavy atom. The van der Waals surface area contributed by atoms with Crippen LogP contribution in [0.2, 0.25) is 0 Å². The van der Waals surface area contributed by atoms with Crippen molar-refractivity contribution in [2.75, 3.05) is 20.3 Å². The standard InChI is InChI=1S/C23H27FN2O4/c1-3-12-30-20-10-6-17(14-21(20)29-2)7-11-22(27)26-15-18(23(25)28)13-16-4-8-19(24)9-5-16/h4-11,14,18H,3,12-13,15H2,1-2H3,(H2,25,28)(H,26,27)/b11-7+. The van der Waals surface area contributed by atoms with Gasteiger partial charge >= 0.3 is 0 Å². The summed E-state index contributed by atoms with van der Waals surface area (Å²) in [6.45, 7) is 2.69. The van der Waals surface area contributed by atoms with E-state index in [4.69, 9.17) is 15.2 Å². The summed E-state index contributed by atoms with van der Waals surface area (Å²) in [5.74, 6) is -0.607. The minimum Gasteiger partial charge on any atom is -0.493 e. The summed E-state index contributed by atoms with van der Waals surface area (Å²) in [6.07, 6.45) is 4.21. The number of carbonyl (C=O) groups is 2. The van der Waals surface area contributed by atoms with Crippen molar-refractivity contribution >= 4 is 17.9 Å². The summed E-state index contributed by atoms with van der Waals surface area (Å²) < 4.78 is 23.9. The monoisotopic (exact) mass is 414 g/mol. The van der Waals surface area contributed by atoms with Gasteiger partial charge in [0.1, 0.15) is 5.82 Å². The second-order valence-electron chi connectivity index (χ2n) is 6.77. The van der Waals surface area contributed by atoms with Crippen molar-refractivity contribution in [3.8, 4) is 11.5 Å². The first-order chi connectivity index (χ1) is 14.4. The Kier molecular flexibility index (Phi) is 8.87. The molecule has 0 aliphatic carbocycles. The minimum atomic E-state index is -0.595. The smallest absolute Gasteiger partial charge is 0.244 e. The third-order valence-corrected chi connectivity index (χ3v) is 4.40. The fourth-order valence-electron chi connectivity index (χ4n) is 2.75. The number of primary amides is 1. The third-order valence-electron chi connectivity index (χ3n) is 4.40. The maximum Gasteiger partial charge on any atom is 0.244 e. The van der Waals surface area contributed by atoms with E-state index in [0.29, 0.717) is 24.5 Å². The van der Waals surface area contributed by atoms with Gasteiger partial charge in [0.25, 0.3) is 0 Å². The second kappa shape index (κ2) is 11.6. The van der Waals surface area contributed by atoms with Crippen LogP contribution < -0.4 is 20.5 Å². The predicted octanol–water partition coefficient (Wildman–Crippen LogP) is 3.10. The predicted molar refractivity (Wildman–Crippen MR) is 114 cm³/mol. The van der Waals surface area contributed by atoms with E-state index < -0.39 is 11.8 Å². The molecule has 3 N–H and O–H groups in total. The van der Waals surface area contributed by atoms with E-state index in [1.54, 1.807) is 37.5 Å². The van der Waals surface area contributed by atoms with E-state index in [0.717, 1.165) is 17.5 Å². The average Bonchev–Trinajstić information content (AvgIpc) is 2.74. The first-order valence-electron chi connectivity index (χ1n) is 9.73. The molecule has 6 nitrogen and oxygen atoms in total. The summed E-state index contributed by atoms with van der Waals surface area (Å²) in [4.78, 5) is 23.8. The molecule has 0 heterocycles. The fourth-order valence-corrected chi connectivity index (χ4v) is 2.75.